The van der Waals surface area contributed by atoms with Crippen LogP contribution in [0.2, 0.25) is 0 Å². The number of ether oxygens (including phenoxy) is 2. The summed E-state index contributed by atoms with van der Waals surface area (Å²) in [6.45, 7) is -0.444. The van der Waals surface area contributed by atoms with E-state index in [0.717, 1.165) is 23.3 Å². The average molecular weight is 599 g/mol. The minimum atomic E-state index is -4.73. The second-order valence-electron chi connectivity index (χ2n) is 9.30. The largest absolute Gasteiger partial charge is 0.493 e. The van der Waals surface area contributed by atoms with Crippen molar-refractivity contribution in [3.8, 4) is 11.5 Å². The van der Waals surface area contributed by atoms with Crippen molar-refractivity contribution >= 4 is 21.6 Å². The second-order valence-corrected chi connectivity index (χ2v) is 11.2. The summed E-state index contributed by atoms with van der Waals surface area (Å²) in [4.78, 5) is 15.1. The van der Waals surface area contributed by atoms with Crippen molar-refractivity contribution in [2.45, 2.75) is 24.2 Å². The highest BCUT2D eigenvalue weighted by atomic mass is 32.2. The summed E-state index contributed by atoms with van der Waals surface area (Å²) < 4.78 is 80.1. The van der Waals surface area contributed by atoms with Crippen LogP contribution in [0, 0.1) is 0 Å². The van der Waals surface area contributed by atoms with Crippen LogP contribution in [-0.4, -0.2) is 40.0 Å². The first kappa shape index (κ1) is 30.4. The number of halogens is 3. The molecule has 1 amide bonds. The Labute approximate surface area is 242 Å². The van der Waals surface area contributed by atoms with Gasteiger partial charge in [0.15, 0.2) is 11.5 Å². The van der Waals surface area contributed by atoms with Crippen LogP contribution in [-0.2, 0) is 34.1 Å². The van der Waals surface area contributed by atoms with E-state index in [1.54, 1.807) is 0 Å². The number of hydrogen-bond donors (Lipinski definition) is 0. The number of carbonyl (C=O) groups excluding carboxylic acids is 1. The Bertz CT molecular complexity index is 1570. The molecule has 0 aliphatic heterocycles. The number of benzene rings is 4. The van der Waals surface area contributed by atoms with E-state index in [1.807, 2.05) is 60.7 Å². The average Bonchev–Trinajstić information content (AvgIpc) is 2.99. The molecule has 0 heterocycles. The molecule has 220 valence electrons. The van der Waals surface area contributed by atoms with Crippen LogP contribution in [0.3, 0.4) is 0 Å². The van der Waals surface area contributed by atoms with Gasteiger partial charge < -0.3 is 14.4 Å². The van der Waals surface area contributed by atoms with E-state index in [0.29, 0.717) is 10.4 Å². The van der Waals surface area contributed by atoms with Gasteiger partial charge in [0.2, 0.25) is 5.91 Å². The fourth-order valence-electron chi connectivity index (χ4n) is 4.32. The van der Waals surface area contributed by atoms with Gasteiger partial charge in [0.25, 0.3) is 10.0 Å². The lowest BCUT2D eigenvalue weighted by Gasteiger charge is -2.29. The summed E-state index contributed by atoms with van der Waals surface area (Å²) in [6, 6.07) is 25.9. The number of nitrogens with zero attached hydrogens (tertiary/aromatic N) is 2. The molecular weight excluding hydrogens is 569 g/mol. The lowest BCUT2D eigenvalue weighted by molar-refractivity contribution is -0.137. The van der Waals surface area contributed by atoms with Crippen molar-refractivity contribution < 1.29 is 35.9 Å². The molecule has 0 saturated heterocycles. The minimum absolute atomic E-state index is 0.101. The first-order valence-corrected chi connectivity index (χ1v) is 14.2. The lowest BCUT2D eigenvalue weighted by Crippen LogP contribution is -2.42. The van der Waals surface area contributed by atoms with Gasteiger partial charge in [0, 0.05) is 19.2 Å². The van der Waals surface area contributed by atoms with Crippen LogP contribution in [0.15, 0.2) is 108 Å². The van der Waals surface area contributed by atoms with Gasteiger partial charge in [-0.05, 0) is 41.5 Å². The molecular formula is C31H29F3N2O5S. The molecule has 0 aromatic heterocycles. The molecule has 0 spiro atoms. The Morgan fingerprint density at radius 1 is 0.738 bits per heavy atom. The van der Waals surface area contributed by atoms with Gasteiger partial charge in [-0.15, -0.1) is 0 Å². The SMILES string of the molecule is COc1ccc(S(=O)(=O)N(CC(=O)N(Cc2ccccc2)Cc2ccccc2)c2cccc(C(F)(F)F)c2)cc1OC. The first-order chi connectivity index (χ1) is 20.0. The summed E-state index contributed by atoms with van der Waals surface area (Å²) in [7, 11) is -1.86. The fraction of sp³-hybridized carbons (Fsp3) is 0.194. The Hall–Kier alpha value is -4.51. The Kier molecular flexibility index (Phi) is 9.41. The third kappa shape index (κ3) is 7.22. The molecule has 11 heteroatoms. The van der Waals surface area contributed by atoms with Crippen LogP contribution in [0.5, 0.6) is 11.5 Å². The third-order valence-corrected chi connectivity index (χ3v) is 8.24. The molecule has 0 unspecified atom stereocenters. The van der Waals surface area contributed by atoms with Crippen molar-refractivity contribution in [3.05, 3.63) is 120 Å². The second kappa shape index (κ2) is 13.0. The monoisotopic (exact) mass is 598 g/mol. The zero-order chi connectivity index (χ0) is 30.3. The standard InChI is InChI=1S/C31H29F3N2O5S/c1-40-28-17-16-27(19-29(28)41-2)42(38,39)36(26-15-9-14-25(18-26)31(32,33)34)22-30(37)35(20-23-10-5-3-6-11-23)21-24-12-7-4-8-13-24/h3-19H,20-22H2,1-2H3. The first-order valence-electron chi connectivity index (χ1n) is 12.8. The summed E-state index contributed by atoms with van der Waals surface area (Å²) in [5.41, 5.74) is 0.239. The van der Waals surface area contributed by atoms with E-state index in [1.165, 1.54) is 43.4 Å². The quantitative estimate of drug-likeness (QED) is 0.207. The number of methoxy groups -OCH3 is 2. The summed E-state index contributed by atoms with van der Waals surface area (Å²) in [5, 5.41) is 0. The van der Waals surface area contributed by atoms with Crippen LogP contribution in [0.4, 0.5) is 18.9 Å². The van der Waals surface area contributed by atoms with Crippen molar-refractivity contribution in [1.29, 1.82) is 0 Å². The van der Waals surface area contributed by atoms with E-state index in [-0.39, 0.29) is 35.2 Å². The lowest BCUT2D eigenvalue weighted by atomic mass is 10.1. The molecule has 0 aliphatic carbocycles. The molecule has 4 rings (SSSR count). The van der Waals surface area contributed by atoms with Gasteiger partial charge in [0.05, 0.1) is 30.4 Å². The minimum Gasteiger partial charge on any atom is -0.493 e. The zero-order valence-corrected chi connectivity index (χ0v) is 23.7. The molecule has 7 nitrogen and oxygen atoms in total. The normalized spacial score (nSPS) is 11.5. The highest BCUT2D eigenvalue weighted by Gasteiger charge is 2.34. The van der Waals surface area contributed by atoms with Crippen molar-refractivity contribution in [3.63, 3.8) is 0 Å². The Morgan fingerprint density at radius 3 is 1.83 bits per heavy atom. The number of anilines is 1. The number of carbonyl (C=O) groups is 1. The maximum Gasteiger partial charge on any atom is 0.416 e. The zero-order valence-electron chi connectivity index (χ0n) is 22.9. The summed E-state index contributed by atoms with van der Waals surface area (Å²) in [5.74, 6) is -0.247. The van der Waals surface area contributed by atoms with Crippen LogP contribution in [0.1, 0.15) is 16.7 Å². The molecule has 4 aromatic carbocycles. The molecule has 42 heavy (non-hydrogen) atoms. The number of sulfonamides is 1. The van der Waals surface area contributed by atoms with Crippen LogP contribution in [0.25, 0.3) is 0 Å². The van der Waals surface area contributed by atoms with E-state index in [2.05, 4.69) is 0 Å². The van der Waals surface area contributed by atoms with Crippen LogP contribution < -0.4 is 13.8 Å². The van der Waals surface area contributed by atoms with Crippen LogP contribution >= 0.6 is 0 Å². The smallest absolute Gasteiger partial charge is 0.416 e. The van der Waals surface area contributed by atoms with Crippen molar-refractivity contribution in [1.82, 2.24) is 4.90 Å². The van der Waals surface area contributed by atoms with Gasteiger partial charge in [-0.1, -0.05) is 66.7 Å². The van der Waals surface area contributed by atoms with Gasteiger partial charge in [-0.25, -0.2) is 8.42 Å². The number of hydrogen-bond acceptors (Lipinski definition) is 5. The maximum absolute atomic E-state index is 14.0. The number of alkyl halides is 3. The van der Waals surface area contributed by atoms with E-state index in [9.17, 15) is 26.4 Å². The fourth-order valence-corrected chi connectivity index (χ4v) is 5.74. The number of amides is 1. The number of rotatable bonds is 11. The highest BCUT2D eigenvalue weighted by Crippen LogP contribution is 2.35. The topological polar surface area (TPSA) is 76.2 Å². The molecule has 0 saturated carbocycles. The highest BCUT2D eigenvalue weighted by molar-refractivity contribution is 7.92. The third-order valence-electron chi connectivity index (χ3n) is 6.47. The Morgan fingerprint density at radius 2 is 1.31 bits per heavy atom. The molecule has 0 bridgehead atoms. The molecule has 0 aliphatic rings. The molecule has 0 atom stereocenters. The van der Waals surface area contributed by atoms with Gasteiger partial charge >= 0.3 is 6.18 Å². The predicted molar refractivity (Wildman–Crippen MR) is 153 cm³/mol. The van der Waals surface area contributed by atoms with Gasteiger partial charge in [-0.3, -0.25) is 9.10 Å². The molecule has 0 radical (unpaired) electrons. The predicted octanol–water partition coefficient (Wildman–Crippen LogP) is 6.15. The summed E-state index contributed by atoms with van der Waals surface area (Å²) >= 11 is 0. The maximum atomic E-state index is 14.0. The van der Waals surface area contributed by atoms with Gasteiger partial charge in [0.1, 0.15) is 6.54 Å². The van der Waals surface area contributed by atoms with Crippen molar-refractivity contribution in [2.75, 3.05) is 25.1 Å². The van der Waals surface area contributed by atoms with Gasteiger partial charge in [-0.2, -0.15) is 13.2 Å². The Balaban J connectivity index is 1.78. The van der Waals surface area contributed by atoms with E-state index >= 15 is 0 Å². The van der Waals surface area contributed by atoms with Crippen molar-refractivity contribution in [2.24, 2.45) is 0 Å². The van der Waals surface area contributed by atoms with E-state index in [4.69, 9.17) is 9.47 Å². The molecule has 4 aromatic rings. The molecule has 0 fully saturated rings. The summed E-state index contributed by atoms with van der Waals surface area (Å²) in [6.07, 6.45) is -4.73. The van der Waals surface area contributed by atoms with E-state index < -0.39 is 34.2 Å². The molecule has 0 N–H and O–H groups in total.